The molecule has 2 aromatic heterocycles. The van der Waals surface area contributed by atoms with Gasteiger partial charge in [-0.15, -0.1) is 0 Å². The number of amides is 2. The van der Waals surface area contributed by atoms with Crippen LogP contribution in [0.4, 0.5) is 26.3 Å². The minimum absolute atomic E-state index is 0.0184. The first-order valence-electron chi connectivity index (χ1n) is 12.7. The molecule has 220 valence electrons. The summed E-state index contributed by atoms with van der Waals surface area (Å²) in [5, 5.41) is 7.02. The maximum atomic E-state index is 12.9. The summed E-state index contributed by atoms with van der Waals surface area (Å²) in [7, 11) is 0. The van der Waals surface area contributed by atoms with Crippen molar-refractivity contribution >= 4 is 22.7 Å². The van der Waals surface area contributed by atoms with E-state index in [0.717, 1.165) is 12.1 Å². The van der Waals surface area contributed by atoms with Gasteiger partial charge in [-0.25, -0.2) is 4.98 Å². The number of carbonyl (C=O) groups is 2. The quantitative estimate of drug-likeness (QED) is 0.282. The molecule has 0 atom stereocenters. The molecule has 2 amide bonds. The van der Waals surface area contributed by atoms with Crippen molar-refractivity contribution in [2.45, 2.75) is 25.8 Å². The average Bonchev–Trinajstić information content (AvgIpc) is 3.33. The number of likely N-dealkylation sites (tertiary alicyclic amines) is 1. The van der Waals surface area contributed by atoms with Crippen molar-refractivity contribution in [3.63, 3.8) is 0 Å². The Labute approximate surface area is 234 Å². The lowest BCUT2D eigenvalue weighted by Crippen LogP contribution is -2.51. The number of nitrogens with one attached hydrogen (secondary N) is 1. The Kier molecular flexibility index (Phi) is 7.56. The van der Waals surface area contributed by atoms with Gasteiger partial charge in [0.15, 0.2) is 0 Å². The molecular weight excluding hydrogens is 568 g/mol. The Balaban J connectivity index is 1.15. The van der Waals surface area contributed by atoms with Gasteiger partial charge in [0.2, 0.25) is 5.88 Å². The molecular formula is C28H23F6N5O3. The number of fused-ring (bicyclic) bond motifs is 1. The molecule has 42 heavy (non-hydrogen) atoms. The van der Waals surface area contributed by atoms with Crippen LogP contribution in [0, 0.1) is 12.8 Å². The second-order valence-electron chi connectivity index (χ2n) is 9.91. The molecule has 1 saturated heterocycles. The number of ether oxygens (including phenoxy) is 1. The average molecular weight is 592 g/mol. The molecule has 1 fully saturated rings. The minimum atomic E-state index is -4.51. The van der Waals surface area contributed by atoms with E-state index < -0.39 is 30.4 Å². The van der Waals surface area contributed by atoms with E-state index in [0.29, 0.717) is 53.6 Å². The van der Waals surface area contributed by atoms with E-state index in [4.69, 9.17) is 4.74 Å². The molecule has 0 unspecified atom stereocenters. The van der Waals surface area contributed by atoms with Gasteiger partial charge >= 0.3 is 12.4 Å². The van der Waals surface area contributed by atoms with E-state index >= 15 is 0 Å². The standard InChI is InChI=1S/C28H23F6N5O3/c1-16-21(25(40)36-15-27(29,30)31)7-8-23-22(16)14-39(37-23)13-17-11-38(12-17)26(41)18-2-5-20(6-3-18)42-24-9-4-19(10-35-24)28(32,33)34/h2-10,14,17H,11-13,15H2,1H3,(H,36,40). The van der Waals surface area contributed by atoms with E-state index in [9.17, 15) is 35.9 Å². The molecule has 0 spiro atoms. The Morgan fingerprint density at radius 3 is 2.33 bits per heavy atom. The van der Waals surface area contributed by atoms with Crippen molar-refractivity contribution in [1.82, 2.24) is 25.0 Å². The van der Waals surface area contributed by atoms with Crippen molar-refractivity contribution < 1.29 is 40.7 Å². The van der Waals surface area contributed by atoms with Crippen LogP contribution in [-0.4, -0.2) is 57.3 Å². The predicted molar refractivity (Wildman–Crippen MR) is 138 cm³/mol. The first-order chi connectivity index (χ1) is 19.8. The number of hydrogen-bond donors (Lipinski definition) is 1. The SMILES string of the molecule is Cc1c(C(=O)NCC(F)(F)F)ccc2nn(CC3CN(C(=O)c4ccc(Oc5ccc(C(F)(F)F)cn5)cc4)C3)cc12. The fraction of sp³-hybridized carbons (Fsp3) is 0.286. The normalized spacial score (nSPS) is 14.1. The summed E-state index contributed by atoms with van der Waals surface area (Å²) >= 11 is 0. The Morgan fingerprint density at radius 2 is 1.71 bits per heavy atom. The van der Waals surface area contributed by atoms with E-state index in [2.05, 4.69) is 10.1 Å². The molecule has 5 rings (SSSR count). The number of alkyl halides is 6. The monoisotopic (exact) mass is 591 g/mol. The molecule has 1 aliphatic rings. The van der Waals surface area contributed by atoms with Crippen LogP contribution in [0.1, 0.15) is 31.8 Å². The topological polar surface area (TPSA) is 89.4 Å². The Morgan fingerprint density at radius 1 is 1.00 bits per heavy atom. The predicted octanol–water partition coefficient (Wildman–Crippen LogP) is 5.62. The van der Waals surface area contributed by atoms with E-state index in [1.807, 2.05) is 5.32 Å². The van der Waals surface area contributed by atoms with Crippen molar-refractivity contribution in [1.29, 1.82) is 0 Å². The smallest absolute Gasteiger partial charge is 0.417 e. The zero-order valence-corrected chi connectivity index (χ0v) is 22.0. The zero-order chi connectivity index (χ0) is 30.2. The van der Waals surface area contributed by atoms with Gasteiger partial charge in [0.05, 0.1) is 11.1 Å². The third-order valence-electron chi connectivity index (χ3n) is 6.78. The van der Waals surface area contributed by atoms with Crippen molar-refractivity contribution in [2.24, 2.45) is 5.92 Å². The summed E-state index contributed by atoms with van der Waals surface area (Å²) in [5.41, 5.74) is 0.782. The number of nitrogens with zero attached hydrogens (tertiary/aromatic N) is 4. The molecule has 4 aromatic rings. The van der Waals surface area contributed by atoms with Gasteiger partial charge in [0, 0.05) is 60.5 Å². The second-order valence-corrected chi connectivity index (χ2v) is 9.91. The summed E-state index contributed by atoms with van der Waals surface area (Å²) in [6.07, 6.45) is -6.59. The first kappa shape index (κ1) is 28.9. The number of aromatic nitrogens is 3. The highest BCUT2D eigenvalue weighted by Crippen LogP contribution is 2.30. The first-order valence-corrected chi connectivity index (χ1v) is 12.7. The molecule has 2 aromatic carbocycles. The highest BCUT2D eigenvalue weighted by molar-refractivity contribution is 6.00. The van der Waals surface area contributed by atoms with Crippen LogP contribution in [0.25, 0.3) is 10.9 Å². The van der Waals surface area contributed by atoms with Crippen LogP contribution in [0.3, 0.4) is 0 Å². The molecule has 0 aliphatic carbocycles. The van der Waals surface area contributed by atoms with Crippen molar-refractivity contribution in [3.05, 3.63) is 83.2 Å². The lowest BCUT2D eigenvalue weighted by atomic mass is 9.99. The van der Waals surface area contributed by atoms with Gasteiger partial charge in [-0.3, -0.25) is 14.3 Å². The van der Waals surface area contributed by atoms with Gasteiger partial charge in [-0.2, -0.15) is 31.4 Å². The van der Waals surface area contributed by atoms with Gasteiger partial charge < -0.3 is 15.0 Å². The number of benzene rings is 2. The summed E-state index contributed by atoms with van der Waals surface area (Å²) in [6, 6.07) is 11.2. The van der Waals surface area contributed by atoms with Gasteiger partial charge in [0.1, 0.15) is 12.3 Å². The molecule has 8 nitrogen and oxygen atoms in total. The van der Waals surface area contributed by atoms with Crippen molar-refractivity contribution in [3.8, 4) is 11.6 Å². The van der Waals surface area contributed by atoms with Crippen LogP contribution < -0.4 is 10.1 Å². The summed E-state index contributed by atoms with van der Waals surface area (Å²) in [4.78, 5) is 30.4. The number of rotatable bonds is 7. The highest BCUT2D eigenvalue weighted by atomic mass is 19.4. The fourth-order valence-electron chi connectivity index (χ4n) is 4.59. The summed E-state index contributed by atoms with van der Waals surface area (Å²) < 4.78 is 82.6. The molecule has 0 radical (unpaired) electrons. The third kappa shape index (κ3) is 6.47. The largest absolute Gasteiger partial charge is 0.439 e. The van der Waals surface area contributed by atoms with Crippen LogP contribution in [-0.2, 0) is 12.7 Å². The fourth-order valence-corrected chi connectivity index (χ4v) is 4.59. The lowest BCUT2D eigenvalue weighted by Gasteiger charge is -2.39. The van der Waals surface area contributed by atoms with Crippen LogP contribution >= 0.6 is 0 Å². The van der Waals surface area contributed by atoms with Gasteiger partial charge in [-0.05, 0) is 55.0 Å². The molecule has 14 heteroatoms. The number of halogens is 6. The van der Waals surface area contributed by atoms with Crippen LogP contribution in [0.2, 0.25) is 0 Å². The van der Waals surface area contributed by atoms with E-state index in [1.54, 1.807) is 40.9 Å². The lowest BCUT2D eigenvalue weighted by molar-refractivity contribution is -0.137. The molecule has 1 aliphatic heterocycles. The van der Waals surface area contributed by atoms with Gasteiger partial charge in [-0.1, -0.05) is 0 Å². The van der Waals surface area contributed by atoms with Crippen LogP contribution in [0.5, 0.6) is 11.6 Å². The van der Waals surface area contributed by atoms with Crippen LogP contribution in [0.15, 0.2) is 60.9 Å². The molecule has 3 heterocycles. The molecule has 0 saturated carbocycles. The van der Waals surface area contributed by atoms with Crippen molar-refractivity contribution in [2.75, 3.05) is 19.6 Å². The van der Waals surface area contributed by atoms with Gasteiger partial charge in [0.25, 0.3) is 11.8 Å². The Bertz CT molecular complexity index is 1610. The second kappa shape index (κ2) is 11.0. The zero-order valence-electron chi connectivity index (χ0n) is 22.0. The Hall–Kier alpha value is -4.62. The maximum absolute atomic E-state index is 12.9. The minimum Gasteiger partial charge on any atom is -0.439 e. The number of aryl methyl sites for hydroxylation is 1. The summed E-state index contributed by atoms with van der Waals surface area (Å²) in [5.74, 6) is -0.603. The number of carbonyl (C=O) groups excluding carboxylic acids is 2. The third-order valence-corrected chi connectivity index (χ3v) is 6.78. The molecule has 0 bridgehead atoms. The number of pyridine rings is 1. The summed E-state index contributed by atoms with van der Waals surface area (Å²) in [6.45, 7) is 1.69. The van der Waals surface area contributed by atoms with E-state index in [-0.39, 0.29) is 23.3 Å². The number of hydrogen-bond acceptors (Lipinski definition) is 5. The maximum Gasteiger partial charge on any atom is 0.417 e. The molecule has 1 N–H and O–H groups in total. The highest BCUT2D eigenvalue weighted by Gasteiger charge is 2.33. The van der Waals surface area contributed by atoms with E-state index in [1.165, 1.54) is 18.2 Å².